The van der Waals surface area contributed by atoms with E-state index in [1.54, 1.807) is 6.07 Å². The minimum Gasteiger partial charge on any atom is -0.432 e. The summed E-state index contributed by atoms with van der Waals surface area (Å²) in [5, 5.41) is 11.6. The highest BCUT2D eigenvalue weighted by Gasteiger charge is 2.04. The van der Waals surface area contributed by atoms with Crippen LogP contribution in [0, 0.1) is 0 Å². The molecule has 0 radical (unpaired) electrons. The number of halogens is 1. The van der Waals surface area contributed by atoms with Gasteiger partial charge in [0.05, 0.1) is 5.69 Å². The highest BCUT2D eigenvalue weighted by molar-refractivity contribution is 7.80. The predicted molar refractivity (Wildman–Crippen MR) is 95.8 cm³/mol. The van der Waals surface area contributed by atoms with Crippen LogP contribution < -0.4 is 10.1 Å². The molecule has 0 fully saturated rings. The van der Waals surface area contributed by atoms with Gasteiger partial charge in [-0.1, -0.05) is 41.9 Å². The van der Waals surface area contributed by atoms with Crippen molar-refractivity contribution in [3.05, 3.63) is 71.9 Å². The lowest BCUT2D eigenvalue weighted by Gasteiger charge is -2.10. The largest absolute Gasteiger partial charge is 0.432 e. The highest BCUT2D eigenvalue weighted by atomic mass is 35.5. The molecule has 0 aliphatic rings. The predicted octanol–water partition coefficient (Wildman–Crippen LogP) is 4.57. The zero-order valence-electron chi connectivity index (χ0n) is 11.9. The van der Waals surface area contributed by atoms with Gasteiger partial charge in [0, 0.05) is 11.3 Å². The van der Waals surface area contributed by atoms with Crippen molar-refractivity contribution in [3.8, 4) is 17.0 Å². The van der Waals surface area contributed by atoms with E-state index in [0.717, 1.165) is 16.9 Å². The van der Waals surface area contributed by atoms with Crippen molar-refractivity contribution in [3.63, 3.8) is 0 Å². The first-order valence-electron chi connectivity index (χ1n) is 6.84. The lowest BCUT2D eigenvalue weighted by molar-refractivity contribution is 0.563. The summed E-state index contributed by atoms with van der Waals surface area (Å²) >= 11 is 11.0. The maximum atomic E-state index is 5.76. The van der Waals surface area contributed by atoms with Gasteiger partial charge in [-0.05, 0) is 48.6 Å². The molecule has 0 saturated carbocycles. The van der Waals surface area contributed by atoms with Crippen LogP contribution in [-0.2, 0) is 0 Å². The van der Waals surface area contributed by atoms with E-state index in [1.807, 2.05) is 60.7 Å². The molecule has 23 heavy (non-hydrogen) atoms. The molecule has 3 aromatic rings. The molecule has 0 saturated heterocycles. The molecule has 0 spiro atoms. The van der Waals surface area contributed by atoms with Gasteiger partial charge in [-0.2, -0.15) is 0 Å². The van der Waals surface area contributed by atoms with Crippen LogP contribution >= 0.6 is 23.8 Å². The summed E-state index contributed by atoms with van der Waals surface area (Å²) in [5.74, 6) is 0.685. The van der Waals surface area contributed by atoms with E-state index in [9.17, 15) is 0 Å². The monoisotopic (exact) mass is 341 g/mol. The second-order valence-corrected chi connectivity index (χ2v) is 5.41. The van der Waals surface area contributed by atoms with Crippen LogP contribution in [0.4, 0.5) is 5.69 Å². The molecule has 0 bridgehead atoms. The third-order valence-electron chi connectivity index (χ3n) is 2.99. The molecule has 0 amide bonds. The average molecular weight is 342 g/mol. The zero-order chi connectivity index (χ0) is 16.1. The molecule has 0 aliphatic heterocycles. The average Bonchev–Trinajstić information content (AvgIpc) is 2.56. The summed E-state index contributed by atoms with van der Waals surface area (Å²) in [4.78, 5) is 0. The summed E-state index contributed by atoms with van der Waals surface area (Å²) in [6.45, 7) is 0. The summed E-state index contributed by atoms with van der Waals surface area (Å²) in [6.07, 6.45) is 0. The lowest BCUT2D eigenvalue weighted by Crippen LogP contribution is -2.16. The van der Waals surface area contributed by atoms with Crippen LogP contribution in [-0.4, -0.2) is 15.4 Å². The zero-order valence-corrected chi connectivity index (χ0v) is 13.5. The number of anilines is 1. The van der Waals surface area contributed by atoms with Gasteiger partial charge >= 0.3 is 0 Å². The minimum atomic E-state index is 0.274. The van der Waals surface area contributed by atoms with Gasteiger partial charge in [-0.15, -0.1) is 10.2 Å². The first kappa shape index (κ1) is 15.4. The van der Waals surface area contributed by atoms with Crippen molar-refractivity contribution < 1.29 is 4.74 Å². The Labute approximate surface area is 144 Å². The SMILES string of the molecule is S=C(Nc1cccc(-c2ccc(Cl)nn2)c1)Oc1ccccc1. The molecule has 1 aromatic heterocycles. The molecular weight excluding hydrogens is 330 g/mol. The van der Waals surface area contributed by atoms with Crippen molar-refractivity contribution in [2.75, 3.05) is 5.32 Å². The summed E-state index contributed by atoms with van der Waals surface area (Å²) in [5.41, 5.74) is 2.44. The Kier molecular flexibility index (Phi) is 4.80. The number of hydrogen-bond acceptors (Lipinski definition) is 4. The maximum absolute atomic E-state index is 5.76. The number of hydrogen-bond donors (Lipinski definition) is 1. The minimum absolute atomic E-state index is 0.274. The quantitative estimate of drug-likeness (QED) is 0.707. The Morgan fingerprint density at radius 1 is 0.957 bits per heavy atom. The van der Waals surface area contributed by atoms with E-state index in [0.29, 0.717) is 10.9 Å². The van der Waals surface area contributed by atoms with Crippen molar-refractivity contribution in [2.45, 2.75) is 0 Å². The molecule has 0 atom stereocenters. The fourth-order valence-electron chi connectivity index (χ4n) is 1.97. The van der Waals surface area contributed by atoms with Crippen LogP contribution in [0.15, 0.2) is 66.7 Å². The number of rotatable bonds is 3. The summed E-state index contributed by atoms with van der Waals surface area (Å²) in [6, 6.07) is 20.5. The van der Waals surface area contributed by atoms with Crippen molar-refractivity contribution in [2.24, 2.45) is 0 Å². The van der Waals surface area contributed by atoms with Crippen molar-refractivity contribution in [1.82, 2.24) is 10.2 Å². The van der Waals surface area contributed by atoms with Gasteiger partial charge < -0.3 is 10.1 Å². The van der Waals surface area contributed by atoms with Gasteiger partial charge in [0.15, 0.2) is 5.15 Å². The molecular formula is C17H12ClN3OS. The van der Waals surface area contributed by atoms with Crippen LogP contribution in [0.5, 0.6) is 5.75 Å². The van der Waals surface area contributed by atoms with Gasteiger partial charge in [-0.25, -0.2) is 0 Å². The number of nitrogens with one attached hydrogen (secondary N) is 1. The summed E-state index contributed by atoms with van der Waals surface area (Å²) < 4.78 is 5.55. The molecule has 1 N–H and O–H groups in total. The van der Waals surface area contributed by atoms with E-state index < -0.39 is 0 Å². The molecule has 114 valence electrons. The Hall–Kier alpha value is -2.50. The van der Waals surface area contributed by atoms with Crippen molar-refractivity contribution >= 4 is 34.7 Å². The molecule has 4 nitrogen and oxygen atoms in total. The Bertz CT molecular complexity index is 810. The fourth-order valence-corrected chi connectivity index (χ4v) is 2.28. The number of aromatic nitrogens is 2. The van der Waals surface area contributed by atoms with Crippen LogP contribution in [0.25, 0.3) is 11.3 Å². The number of ether oxygens (including phenoxy) is 1. The molecule has 3 rings (SSSR count). The van der Waals surface area contributed by atoms with Gasteiger partial charge in [0.1, 0.15) is 5.75 Å². The van der Waals surface area contributed by atoms with E-state index >= 15 is 0 Å². The maximum Gasteiger partial charge on any atom is 0.266 e. The second kappa shape index (κ2) is 7.17. The molecule has 1 heterocycles. The first-order chi connectivity index (χ1) is 11.2. The summed E-state index contributed by atoms with van der Waals surface area (Å²) in [7, 11) is 0. The third-order valence-corrected chi connectivity index (χ3v) is 3.38. The van der Waals surface area contributed by atoms with E-state index in [-0.39, 0.29) is 5.17 Å². The van der Waals surface area contributed by atoms with E-state index in [4.69, 9.17) is 28.6 Å². The smallest absolute Gasteiger partial charge is 0.266 e. The van der Waals surface area contributed by atoms with Crippen LogP contribution in [0.1, 0.15) is 0 Å². The number of para-hydroxylation sites is 1. The Morgan fingerprint density at radius 3 is 2.52 bits per heavy atom. The van der Waals surface area contributed by atoms with Gasteiger partial charge in [0.25, 0.3) is 5.17 Å². The number of benzene rings is 2. The fraction of sp³-hybridized carbons (Fsp3) is 0. The second-order valence-electron chi connectivity index (χ2n) is 4.65. The molecule has 2 aromatic carbocycles. The lowest BCUT2D eigenvalue weighted by atomic mass is 10.1. The standard InChI is InChI=1S/C17H12ClN3OS/c18-16-10-9-15(20-21-16)12-5-4-6-13(11-12)19-17(23)22-14-7-2-1-3-8-14/h1-11H,(H,19,23). The van der Waals surface area contributed by atoms with Gasteiger partial charge in [0.2, 0.25) is 0 Å². The molecule has 0 unspecified atom stereocenters. The van der Waals surface area contributed by atoms with E-state index in [2.05, 4.69) is 15.5 Å². The molecule has 6 heteroatoms. The normalized spacial score (nSPS) is 10.1. The highest BCUT2D eigenvalue weighted by Crippen LogP contribution is 2.21. The number of nitrogens with zero attached hydrogens (tertiary/aromatic N) is 2. The van der Waals surface area contributed by atoms with Gasteiger partial charge in [-0.3, -0.25) is 0 Å². The van der Waals surface area contributed by atoms with E-state index in [1.165, 1.54) is 0 Å². The third kappa shape index (κ3) is 4.25. The number of thiocarbonyl (C=S) groups is 1. The molecule has 0 aliphatic carbocycles. The Balaban J connectivity index is 1.72. The van der Waals surface area contributed by atoms with Crippen LogP contribution in [0.3, 0.4) is 0 Å². The Morgan fingerprint density at radius 2 is 1.78 bits per heavy atom. The first-order valence-corrected chi connectivity index (χ1v) is 7.63. The van der Waals surface area contributed by atoms with Crippen molar-refractivity contribution in [1.29, 1.82) is 0 Å². The topological polar surface area (TPSA) is 47.0 Å². The van der Waals surface area contributed by atoms with Crippen LogP contribution in [0.2, 0.25) is 5.15 Å².